The largest absolute Gasteiger partial charge is 0.495 e. The third-order valence-electron chi connectivity index (χ3n) is 4.18. The number of esters is 1. The first-order chi connectivity index (χ1) is 11.5. The first kappa shape index (κ1) is 18.6. The fourth-order valence-corrected chi connectivity index (χ4v) is 3.47. The maximum Gasteiger partial charge on any atom is 0.331 e. The van der Waals surface area contributed by atoms with Crippen molar-refractivity contribution in [1.29, 1.82) is 0 Å². The van der Waals surface area contributed by atoms with Crippen molar-refractivity contribution in [1.82, 2.24) is 5.32 Å². The van der Waals surface area contributed by atoms with Crippen LogP contribution in [0.5, 0.6) is 11.5 Å². The van der Waals surface area contributed by atoms with E-state index in [4.69, 9.17) is 14.2 Å². The van der Waals surface area contributed by atoms with E-state index in [1.807, 2.05) is 0 Å². The fraction of sp³-hybridized carbons (Fsp3) is 0.529. The Labute approximate surface area is 150 Å². The van der Waals surface area contributed by atoms with E-state index in [1.165, 1.54) is 14.2 Å². The summed E-state index contributed by atoms with van der Waals surface area (Å²) in [5.74, 6) is 0.244. The van der Waals surface area contributed by atoms with Crippen molar-refractivity contribution in [3.8, 4) is 11.5 Å². The lowest BCUT2D eigenvalue weighted by atomic mass is 9.97. The van der Waals surface area contributed by atoms with Gasteiger partial charge >= 0.3 is 5.97 Å². The molecule has 7 heteroatoms. The highest BCUT2D eigenvalue weighted by Gasteiger charge is 2.44. The molecule has 132 valence electrons. The molecule has 6 nitrogen and oxygen atoms in total. The third kappa shape index (κ3) is 3.66. The number of hydrogen-bond donors (Lipinski definition) is 1. The monoisotopic (exact) mass is 399 g/mol. The zero-order valence-corrected chi connectivity index (χ0v) is 15.7. The SMILES string of the molecule is CCOC(=O)C1(NC(=O)c2cc(OC)c(Br)c(OC)c2)CCCC1. The maximum atomic E-state index is 12.7. The molecule has 0 heterocycles. The third-order valence-corrected chi connectivity index (χ3v) is 4.97. The van der Waals surface area contributed by atoms with Crippen LogP contribution in [-0.2, 0) is 9.53 Å². The molecule has 1 aromatic carbocycles. The molecule has 0 aromatic heterocycles. The highest BCUT2D eigenvalue weighted by Crippen LogP contribution is 2.36. The number of rotatable bonds is 6. The molecule has 0 spiro atoms. The second-order valence-electron chi connectivity index (χ2n) is 5.66. The topological polar surface area (TPSA) is 73.9 Å². The number of amides is 1. The van der Waals surface area contributed by atoms with Crippen LogP contribution < -0.4 is 14.8 Å². The minimum Gasteiger partial charge on any atom is -0.495 e. The molecule has 1 aliphatic rings. The summed E-state index contributed by atoms with van der Waals surface area (Å²) in [4.78, 5) is 25.1. The van der Waals surface area contributed by atoms with E-state index in [0.29, 0.717) is 34.4 Å². The molecule has 0 aliphatic heterocycles. The lowest BCUT2D eigenvalue weighted by Gasteiger charge is -2.28. The Kier molecular flexibility index (Phi) is 6.10. The standard InChI is InChI=1S/C17H22BrNO5/c1-4-24-16(21)17(7-5-6-8-17)19-15(20)11-9-12(22-2)14(18)13(10-11)23-3/h9-10H,4-8H2,1-3H3,(H,19,20). The Bertz CT molecular complexity index is 600. The van der Waals surface area contributed by atoms with Crippen molar-refractivity contribution in [3.63, 3.8) is 0 Å². The van der Waals surface area contributed by atoms with Gasteiger partial charge in [0.05, 0.1) is 20.8 Å². The quantitative estimate of drug-likeness (QED) is 0.743. The summed E-state index contributed by atoms with van der Waals surface area (Å²) in [6.45, 7) is 2.04. The number of methoxy groups -OCH3 is 2. The summed E-state index contributed by atoms with van der Waals surface area (Å²) >= 11 is 3.37. The Morgan fingerprint density at radius 2 is 1.71 bits per heavy atom. The van der Waals surface area contributed by atoms with Crippen molar-refractivity contribution in [2.24, 2.45) is 0 Å². The molecule has 24 heavy (non-hydrogen) atoms. The van der Waals surface area contributed by atoms with E-state index in [1.54, 1.807) is 19.1 Å². The molecule has 1 aliphatic carbocycles. The van der Waals surface area contributed by atoms with Crippen molar-refractivity contribution in [3.05, 3.63) is 22.2 Å². The second kappa shape index (κ2) is 7.88. The number of hydrogen-bond acceptors (Lipinski definition) is 5. The molecule has 0 atom stereocenters. The molecule has 0 saturated heterocycles. The van der Waals surface area contributed by atoms with E-state index < -0.39 is 5.54 Å². The molecule has 1 fully saturated rings. The Morgan fingerprint density at radius 1 is 1.17 bits per heavy atom. The number of carbonyl (C=O) groups excluding carboxylic acids is 2. The van der Waals surface area contributed by atoms with Crippen molar-refractivity contribution in [2.45, 2.75) is 38.1 Å². The number of carbonyl (C=O) groups is 2. The Hall–Kier alpha value is -1.76. The zero-order valence-electron chi connectivity index (χ0n) is 14.1. The molecule has 0 bridgehead atoms. The molecule has 0 radical (unpaired) electrons. The molecule has 0 unspecified atom stereocenters. The molecule has 1 saturated carbocycles. The molecular formula is C17H22BrNO5. The van der Waals surface area contributed by atoms with Crippen LogP contribution in [0.25, 0.3) is 0 Å². The summed E-state index contributed by atoms with van der Waals surface area (Å²) in [7, 11) is 3.02. The summed E-state index contributed by atoms with van der Waals surface area (Å²) < 4.78 is 16.3. The van der Waals surface area contributed by atoms with Crippen LogP contribution in [0, 0.1) is 0 Å². The lowest BCUT2D eigenvalue weighted by molar-refractivity contribution is -0.150. The summed E-state index contributed by atoms with van der Waals surface area (Å²) in [5.41, 5.74) is -0.580. The molecule has 2 rings (SSSR count). The van der Waals surface area contributed by atoms with Gasteiger partial charge in [0, 0.05) is 5.56 Å². The normalized spacial score (nSPS) is 15.7. The van der Waals surface area contributed by atoms with E-state index in [0.717, 1.165) is 12.8 Å². The highest BCUT2D eigenvalue weighted by molar-refractivity contribution is 9.10. The van der Waals surface area contributed by atoms with Crippen molar-refractivity contribution in [2.75, 3.05) is 20.8 Å². The second-order valence-corrected chi connectivity index (χ2v) is 6.45. The molecular weight excluding hydrogens is 378 g/mol. The van der Waals surface area contributed by atoms with Crippen molar-refractivity contribution < 1.29 is 23.8 Å². The van der Waals surface area contributed by atoms with Gasteiger partial charge in [-0.15, -0.1) is 0 Å². The number of halogens is 1. The minimum absolute atomic E-state index is 0.288. The lowest BCUT2D eigenvalue weighted by Crippen LogP contribution is -2.53. The van der Waals surface area contributed by atoms with Gasteiger partial charge in [0.1, 0.15) is 21.5 Å². The van der Waals surface area contributed by atoms with Gasteiger partial charge < -0.3 is 19.5 Å². The predicted molar refractivity (Wildman–Crippen MR) is 92.5 cm³/mol. The number of ether oxygens (including phenoxy) is 3. The Morgan fingerprint density at radius 3 is 2.17 bits per heavy atom. The van der Waals surface area contributed by atoms with Gasteiger partial charge in [-0.1, -0.05) is 12.8 Å². The first-order valence-corrected chi connectivity index (χ1v) is 8.68. The van der Waals surface area contributed by atoms with Crippen molar-refractivity contribution >= 4 is 27.8 Å². The van der Waals surface area contributed by atoms with Crippen LogP contribution in [0.1, 0.15) is 43.0 Å². The van der Waals surface area contributed by atoms with Crippen LogP contribution >= 0.6 is 15.9 Å². The molecule has 1 N–H and O–H groups in total. The summed E-state index contributed by atoms with van der Waals surface area (Å²) in [6.07, 6.45) is 2.93. The van der Waals surface area contributed by atoms with Gasteiger partial charge in [0.2, 0.25) is 0 Å². The smallest absolute Gasteiger partial charge is 0.331 e. The van der Waals surface area contributed by atoms with E-state index in [9.17, 15) is 9.59 Å². The number of benzene rings is 1. The summed E-state index contributed by atoms with van der Waals surface area (Å²) in [6, 6.07) is 3.21. The number of nitrogens with one attached hydrogen (secondary N) is 1. The van der Waals surface area contributed by atoms with Crippen LogP contribution in [0.3, 0.4) is 0 Å². The van der Waals surface area contributed by atoms with E-state index >= 15 is 0 Å². The van der Waals surface area contributed by atoms with E-state index in [2.05, 4.69) is 21.2 Å². The van der Waals surface area contributed by atoms with Crippen LogP contribution in [0.2, 0.25) is 0 Å². The van der Waals surface area contributed by atoms with Gasteiger partial charge in [0.25, 0.3) is 5.91 Å². The maximum absolute atomic E-state index is 12.7. The fourth-order valence-electron chi connectivity index (χ4n) is 2.92. The average molecular weight is 400 g/mol. The molecule has 1 aromatic rings. The molecule has 1 amide bonds. The van der Waals surface area contributed by atoms with Crippen LogP contribution in [0.15, 0.2) is 16.6 Å². The van der Waals surface area contributed by atoms with Gasteiger partial charge in [-0.05, 0) is 47.8 Å². The zero-order chi connectivity index (χ0) is 17.7. The van der Waals surface area contributed by atoms with Gasteiger partial charge in [0.15, 0.2) is 0 Å². The van der Waals surface area contributed by atoms with E-state index in [-0.39, 0.29) is 18.5 Å². The summed E-state index contributed by atoms with van der Waals surface area (Å²) in [5, 5.41) is 2.88. The Balaban J connectivity index is 2.29. The van der Waals surface area contributed by atoms with Gasteiger partial charge in [-0.25, -0.2) is 4.79 Å². The van der Waals surface area contributed by atoms with Crippen LogP contribution in [-0.4, -0.2) is 38.2 Å². The average Bonchev–Trinajstić information content (AvgIpc) is 3.05. The highest BCUT2D eigenvalue weighted by atomic mass is 79.9. The van der Waals surface area contributed by atoms with Gasteiger partial charge in [-0.2, -0.15) is 0 Å². The van der Waals surface area contributed by atoms with Gasteiger partial charge in [-0.3, -0.25) is 4.79 Å². The first-order valence-electron chi connectivity index (χ1n) is 7.88. The van der Waals surface area contributed by atoms with Crippen LogP contribution in [0.4, 0.5) is 0 Å². The predicted octanol–water partition coefficient (Wildman–Crippen LogP) is 3.07. The minimum atomic E-state index is -0.944.